The predicted molar refractivity (Wildman–Crippen MR) is 83.4 cm³/mol. The van der Waals surface area contributed by atoms with Gasteiger partial charge in [0.25, 0.3) is 5.69 Å². The molecule has 0 aliphatic carbocycles. The minimum Gasteiger partial charge on any atom is -0.467 e. The largest absolute Gasteiger partial charge is 0.467 e. The van der Waals surface area contributed by atoms with Gasteiger partial charge in [-0.2, -0.15) is 0 Å². The zero-order valence-electron chi connectivity index (χ0n) is 14.3. The fraction of sp³-hybridized carbons (Fsp3) is 0.500. The summed E-state index contributed by atoms with van der Waals surface area (Å²) in [5, 5.41) is 11.4. The summed E-state index contributed by atoms with van der Waals surface area (Å²) >= 11 is 0. The van der Waals surface area contributed by atoms with E-state index < -0.39 is 40.8 Å². The van der Waals surface area contributed by atoms with Gasteiger partial charge in [0.05, 0.1) is 24.7 Å². The Morgan fingerprint density at radius 2 is 1.60 bits per heavy atom. The van der Waals surface area contributed by atoms with Crippen LogP contribution in [0.1, 0.15) is 19.4 Å². The first-order valence-electron chi connectivity index (χ1n) is 7.53. The normalized spacial score (nSPS) is 25.6. The van der Waals surface area contributed by atoms with Crippen molar-refractivity contribution in [1.82, 2.24) is 0 Å². The van der Waals surface area contributed by atoms with Crippen LogP contribution in [-0.2, 0) is 34.3 Å². The summed E-state index contributed by atoms with van der Waals surface area (Å²) in [4.78, 5) is 34.9. The molecule has 0 radical (unpaired) electrons. The van der Waals surface area contributed by atoms with Gasteiger partial charge in [0.1, 0.15) is 0 Å². The Kier molecular flexibility index (Phi) is 5.39. The first kappa shape index (κ1) is 18.8. The molecule has 2 atom stereocenters. The van der Waals surface area contributed by atoms with Gasteiger partial charge >= 0.3 is 11.9 Å². The molecule has 2 unspecified atom stereocenters. The van der Waals surface area contributed by atoms with Crippen molar-refractivity contribution in [2.24, 2.45) is 5.92 Å². The molecule has 1 fully saturated rings. The molecular formula is C16H19NO8. The molecule has 1 aliphatic rings. The number of carbonyl (C=O) groups excluding carboxylic acids is 2. The van der Waals surface area contributed by atoms with Gasteiger partial charge in [-0.3, -0.25) is 10.1 Å². The number of hydrogen-bond donors (Lipinski definition) is 0. The van der Waals surface area contributed by atoms with Crippen molar-refractivity contribution in [3.63, 3.8) is 0 Å². The van der Waals surface area contributed by atoms with Gasteiger partial charge in [-0.25, -0.2) is 9.59 Å². The van der Waals surface area contributed by atoms with Crippen molar-refractivity contribution >= 4 is 17.6 Å². The van der Waals surface area contributed by atoms with Crippen LogP contribution < -0.4 is 0 Å². The summed E-state index contributed by atoms with van der Waals surface area (Å²) in [5.41, 5.74) is -0.138. The van der Waals surface area contributed by atoms with Gasteiger partial charge in [0, 0.05) is 12.0 Å². The number of nitrogens with zero attached hydrogens (tertiary/aromatic N) is 1. The summed E-state index contributed by atoms with van der Waals surface area (Å²) in [6, 6.07) is 5.84. The molecule has 1 heterocycles. The number of hydrogen-bond acceptors (Lipinski definition) is 8. The van der Waals surface area contributed by atoms with Gasteiger partial charge < -0.3 is 18.9 Å². The average Bonchev–Trinajstić information content (AvgIpc) is 3.02. The number of benzene rings is 1. The average molecular weight is 353 g/mol. The molecule has 9 nitrogen and oxygen atoms in total. The zero-order valence-corrected chi connectivity index (χ0v) is 14.3. The van der Waals surface area contributed by atoms with Gasteiger partial charge in [-0.1, -0.05) is 26.0 Å². The van der Waals surface area contributed by atoms with E-state index in [-0.39, 0.29) is 11.3 Å². The molecule has 136 valence electrons. The van der Waals surface area contributed by atoms with Crippen LogP contribution in [0.4, 0.5) is 5.69 Å². The first-order valence-corrected chi connectivity index (χ1v) is 7.53. The van der Waals surface area contributed by atoms with Crippen LogP contribution in [0.5, 0.6) is 0 Å². The van der Waals surface area contributed by atoms with Gasteiger partial charge in [-0.15, -0.1) is 0 Å². The maximum absolute atomic E-state index is 12.0. The number of carbonyl (C=O) groups is 2. The fourth-order valence-corrected chi connectivity index (χ4v) is 2.74. The van der Waals surface area contributed by atoms with Crippen molar-refractivity contribution < 1.29 is 33.5 Å². The van der Waals surface area contributed by atoms with Crippen molar-refractivity contribution in [3.8, 4) is 0 Å². The molecule has 0 bridgehead atoms. The highest BCUT2D eigenvalue weighted by Crippen LogP contribution is 2.46. The van der Waals surface area contributed by atoms with Crippen LogP contribution >= 0.6 is 0 Å². The van der Waals surface area contributed by atoms with Crippen LogP contribution in [0.2, 0.25) is 0 Å². The van der Waals surface area contributed by atoms with E-state index in [1.807, 2.05) is 0 Å². The Hall–Kier alpha value is -2.52. The Balaban J connectivity index is 2.60. The number of methoxy groups -OCH3 is 2. The van der Waals surface area contributed by atoms with E-state index in [1.165, 1.54) is 18.2 Å². The third-order valence-electron chi connectivity index (χ3n) is 3.98. The highest BCUT2D eigenvalue weighted by atomic mass is 16.8. The topological polar surface area (TPSA) is 114 Å². The Morgan fingerprint density at radius 1 is 1.12 bits per heavy atom. The zero-order chi connectivity index (χ0) is 18.8. The highest BCUT2D eigenvalue weighted by molar-refractivity contribution is 5.86. The number of nitro groups is 1. The first-order chi connectivity index (χ1) is 11.8. The van der Waals surface area contributed by atoms with Gasteiger partial charge in [0.15, 0.2) is 12.2 Å². The maximum atomic E-state index is 12.0. The fourth-order valence-electron chi connectivity index (χ4n) is 2.74. The SMILES string of the molecule is COC(=O)C1OC(c2ccccc2[N+](=O)[O-])(C(C)C)OC1C(=O)OC. The lowest BCUT2D eigenvalue weighted by Gasteiger charge is -2.31. The number of ether oxygens (including phenoxy) is 4. The highest BCUT2D eigenvalue weighted by Gasteiger charge is 2.58. The second-order valence-electron chi connectivity index (χ2n) is 5.72. The molecule has 25 heavy (non-hydrogen) atoms. The Bertz CT molecular complexity index is 662. The molecule has 2 rings (SSSR count). The van der Waals surface area contributed by atoms with Crippen LogP contribution in [0.3, 0.4) is 0 Å². The molecule has 9 heteroatoms. The van der Waals surface area contributed by atoms with Crippen molar-refractivity contribution in [2.75, 3.05) is 14.2 Å². The van der Waals surface area contributed by atoms with Crippen LogP contribution in [0, 0.1) is 16.0 Å². The van der Waals surface area contributed by atoms with E-state index in [4.69, 9.17) is 9.47 Å². The van der Waals surface area contributed by atoms with Crippen molar-refractivity contribution in [2.45, 2.75) is 31.8 Å². The molecule has 0 N–H and O–H groups in total. The van der Waals surface area contributed by atoms with Gasteiger partial charge in [-0.05, 0) is 6.07 Å². The number of para-hydroxylation sites is 1. The van der Waals surface area contributed by atoms with E-state index in [0.29, 0.717) is 0 Å². The van der Waals surface area contributed by atoms with Gasteiger partial charge in [0.2, 0.25) is 5.79 Å². The van der Waals surface area contributed by atoms with E-state index in [1.54, 1.807) is 19.9 Å². The van der Waals surface area contributed by atoms with E-state index >= 15 is 0 Å². The quantitative estimate of drug-likeness (QED) is 0.445. The summed E-state index contributed by atoms with van der Waals surface area (Å²) in [7, 11) is 2.28. The van der Waals surface area contributed by atoms with E-state index in [0.717, 1.165) is 14.2 Å². The molecule has 1 aromatic carbocycles. The van der Waals surface area contributed by atoms with Crippen molar-refractivity contribution in [3.05, 3.63) is 39.9 Å². The summed E-state index contributed by atoms with van der Waals surface area (Å²) in [6.07, 6.45) is -2.81. The van der Waals surface area contributed by atoms with Crippen LogP contribution in [0.15, 0.2) is 24.3 Å². The number of rotatable bonds is 5. The standard InChI is InChI=1S/C16H19NO8/c1-9(2)16(10-7-5-6-8-11(10)17(20)21)24-12(14(18)22-3)13(25-16)15(19)23-4/h5-9,12-13H,1-4H3. The van der Waals surface area contributed by atoms with Crippen LogP contribution in [-0.4, -0.2) is 43.3 Å². The second kappa shape index (κ2) is 7.16. The smallest absolute Gasteiger partial charge is 0.338 e. The molecule has 0 aromatic heterocycles. The third-order valence-corrected chi connectivity index (χ3v) is 3.98. The summed E-state index contributed by atoms with van der Waals surface area (Å²) in [6.45, 7) is 3.40. The molecule has 1 aliphatic heterocycles. The second-order valence-corrected chi connectivity index (χ2v) is 5.72. The van der Waals surface area contributed by atoms with E-state index in [9.17, 15) is 19.7 Å². The van der Waals surface area contributed by atoms with E-state index in [2.05, 4.69) is 9.47 Å². The third kappa shape index (κ3) is 3.20. The summed E-state index contributed by atoms with van der Waals surface area (Å²) < 4.78 is 20.9. The van der Waals surface area contributed by atoms with Crippen molar-refractivity contribution in [1.29, 1.82) is 0 Å². The number of nitro benzene ring substituents is 1. The maximum Gasteiger partial charge on any atom is 0.338 e. The lowest BCUT2D eigenvalue weighted by molar-refractivity contribution is -0.388. The summed E-state index contributed by atoms with van der Waals surface area (Å²) in [5.74, 6) is -3.81. The molecule has 1 saturated heterocycles. The Morgan fingerprint density at radius 3 is 2.00 bits per heavy atom. The monoisotopic (exact) mass is 353 g/mol. The Labute approximate surface area is 144 Å². The molecule has 0 spiro atoms. The molecule has 0 amide bonds. The lowest BCUT2D eigenvalue weighted by atomic mass is 9.93. The number of esters is 2. The minimum absolute atomic E-state index is 0.107. The van der Waals surface area contributed by atoms with Crippen LogP contribution in [0.25, 0.3) is 0 Å². The molecule has 1 aromatic rings. The predicted octanol–water partition coefficient (Wildman–Crippen LogP) is 1.53. The molecule has 0 saturated carbocycles. The lowest BCUT2D eigenvalue weighted by Crippen LogP contribution is -2.38. The minimum atomic E-state index is -1.68. The molecular weight excluding hydrogens is 334 g/mol.